The van der Waals surface area contributed by atoms with E-state index >= 15 is 0 Å². The highest BCUT2D eigenvalue weighted by Gasteiger charge is 2.08. The summed E-state index contributed by atoms with van der Waals surface area (Å²) in [6.45, 7) is 1.87. The molecule has 1 aromatic carbocycles. The van der Waals surface area contributed by atoms with Gasteiger partial charge in [0, 0.05) is 17.0 Å². The summed E-state index contributed by atoms with van der Waals surface area (Å²) < 4.78 is 0. The Morgan fingerprint density at radius 3 is 2.95 bits per heavy atom. The van der Waals surface area contributed by atoms with Crippen molar-refractivity contribution in [2.24, 2.45) is 5.10 Å². The summed E-state index contributed by atoms with van der Waals surface area (Å²) in [5, 5.41) is 26.5. The second-order valence-electron chi connectivity index (χ2n) is 3.66. The standard InChI is InChI=1S/C11H10N4O3S/c1-7-6-19-11(13-7)14-12-5-8-2-3-9(15(17)18)4-10(8)16/h2-6,16H,1H3,(H,13,14). The number of nitro benzene ring substituents is 1. The first-order chi connectivity index (χ1) is 9.06. The summed E-state index contributed by atoms with van der Waals surface area (Å²) in [6, 6.07) is 3.80. The number of hydrogen-bond acceptors (Lipinski definition) is 7. The number of hydrogen-bond donors (Lipinski definition) is 2. The molecule has 2 rings (SSSR count). The number of nitrogens with zero attached hydrogens (tertiary/aromatic N) is 3. The zero-order valence-electron chi connectivity index (χ0n) is 9.90. The SMILES string of the molecule is Cc1csc(NN=Cc2ccc([N+](=O)[O-])cc2O)n1. The van der Waals surface area contributed by atoms with E-state index < -0.39 is 4.92 Å². The largest absolute Gasteiger partial charge is 0.507 e. The summed E-state index contributed by atoms with van der Waals surface area (Å²) in [5.74, 6) is -0.199. The third-order valence-corrected chi connectivity index (χ3v) is 3.07. The van der Waals surface area contributed by atoms with Crippen LogP contribution in [0.4, 0.5) is 10.8 Å². The molecule has 0 saturated carbocycles. The number of aromatic nitrogens is 1. The monoisotopic (exact) mass is 278 g/mol. The van der Waals surface area contributed by atoms with Crippen molar-refractivity contribution in [3.63, 3.8) is 0 Å². The van der Waals surface area contributed by atoms with Gasteiger partial charge in [0.1, 0.15) is 5.75 Å². The van der Waals surface area contributed by atoms with Crippen molar-refractivity contribution in [3.05, 3.63) is 45.0 Å². The van der Waals surface area contributed by atoms with Gasteiger partial charge in [0.15, 0.2) is 0 Å². The summed E-state index contributed by atoms with van der Waals surface area (Å²) in [5.41, 5.74) is 3.81. The molecular weight excluding hydrogens is 268 g/mol. The summed E-state index contributed by atoms with van der Waals surface area (Å²) in [7, 11) is 0. The molecule has 2 N–H and O–H groups in total. The number of anilines is 1. The van der Waals surface area contributed by atoms with Crippen molar-refractivity contribution >= 4 is 28.4 Å². The first-order valence-corrected chi connectivity index (χ1v) is 6.13. The molecule has 0 aliphatic heterocycles. The Morgan fingerprint density at radius 1 is 1.58 bits per heavy atom. The fourth-order valence-corrected chi connectivity index (χ4v) is 1.95. The number of rotatable bonds is 4. The van der Waals surface area contributed by atoms with Gasteiger partial charge in [-0.05, 0) is 13.0 Å². The predicted molar refractivity (Wildman–Crippen MR) is 72.8 cm³/mol. The van der Waals surface area contributed by atoms with Crippen LogP contribution in [-0.4, -0.2) is 21.2 Å². The Morgan fingerprint density at radius 2 is 2.37 bits per heavy atom. The third kappa shape index (κ3) is 3.26. The number of non-ortho nitro benzene ring substituents is 1. The van der Waals surface area contributed by atoms with Crippen LogP contribution in [0.2, 0.25) is 0 Å². The van der Waals surface area contributed by atoms with Gasteiger partial charge in [-0.1, -0.05) is 0 Å². The number of hydrazone groups is 1. The average molecular weight is 278 g/mol. The van der Waals surface area contributed by atoms with Crippen molar-refractivity contribution in [1.82, 2.24) is 4.98 Å². The fourth-order valence-electron chi connectivity index (χ4n) is 1.32. The van der Waals surface area contributed by atoms with Crippen molar-refractivity contribution in [1.29, 1.82) is 0 Å². The maximum atomic E-state index is 10.5. The smallest absolute Gasteiger partial charge is 0.273 e. The fraction of sp³-hybridized carbons (Fsp3) is 0.0909. The van der Waals surface area contributed by atoms with Gasteiger partial charge >= 0.3 is 0 Å². The molecule has 2 aromatic rings. The lowest BCUT2D eigenvalue weighted by molar-refractivity contribution is -0.384. The van der Waals surface area contributed by atoms with Gasteiger partial charge in [-0.25, -0.2) is 4.98 Å². The normalized spacial score (nSPS) is 10.8. The molecule has 0 aliphatic rings. The average Bonchev–Trinajstić information content (AvgIpc) is 2.77. The van der Waals surface area contributed by atoms with E-state index in [-0.39, 0.29) is 11.4 Å². The van der Waals surface area contributed by atoms with E-state index in [1.54, 1.807) is 0 Å². The van der Waals surface area contributed by atoms with Gasteiger partial charge in [-0.2, -0.15) is 5.10 Å². The second-order valence-corrected chi connectivity index (χ2v) is 4.52. The molecule has 0 unspecified atom stereocenters. The van der Waals surface area contributed by atoms with Gasteiger partial charge < -0.3 is 5.11 Å². The molecule has 8 heteroatoms. The molecule has 0 fully saturated rings. The number of thiazole rings is 1. The number of phenols is 1. The lowest BCUT2D eigenvalue weighted by atomic mass is 10.2. The number of aromatic hydroxyl groups is 1. The number of nitro groups is 1. The van der Waals surface area contributed by atoms with Crippen LogP contribution < -0.4 is 5.43 Å². The van der Waals surface area contributed by atoms with Gasteiger partial charge in [0.05, 0.1) is 22.9 Å². The lowest BCUT2D eigenvalue weighted by Crippen LogP contribution is -1.92. The minimum atomic E-state index is -0.572. The van der Waals surface area contributed by atoms with Crippen LogP contribution in [-0.2, 0) is 0 Å². The summed E-state index contributed by atoms with van der Waals surface area (Å²) in [6.07, 6.45) is 1.37. The van der Waals surface area contributed by atoms with Crippen LogP contribution in [0, 0.1) is 17.0 Å². The molecule has 0 atom stereocenters. The van der Waals surface area contributed by atoms with Gasteiger partial charge in [0.2, 0.25) is 5.13 Å². The van der Waals surface area contributed by atoms with Crippen molar-refractivity contribution in [3.8, 4) is 5.75 Å². The number of nitrogens with one attached hydrogen (secondary N) is 1. The molecule has 0 saturated heterocycles. The van der Waals surface area contributed by atoms with Crippen LogP contribution in [0.25, 0.3) is 0 Å². The van der Waals surface area contributed by atoms with Crippen LogP contribution in [0.15, 0.2) is 28.7 Å². The Bertz CT molecular complexity index is 639. The number of aryl methyl sites for hydroxylation is 1. The molecule has 0 spiro atoms. The number of phenolic OH excluding ortho intramolecular Hbond substituents is 1. The van der Waals surface area contributed by atoms with Crippen LogP contribution >= 0.6 is 11.3 Å². The minimum absolute atomic E-state index is 0.168. The zero-order valence-corrected chi connectivity index (χ0v) is 10.7. The molecule has 0 amide bonds. The topological polar surface area (TPSA) is 101 Å². The highest BCUT2D eigenvalue weighted by molar-refractivity contribution is 7.13. The van der Waals surface area contributed by atoms with Gasteiger partial charge in [-0.3, -0.25) is 15.5 Å². The molecule has 7 nitrogen and oxygen atoms in total. The van der Waals surface area contributed by atoms with Crippen molar-refractivity contribution in [2.75, 3.05) is 5.43 Å². The molecule has 0 radical (unpaired) electrons. The Labute approximate surface area is 112 Å². The van der Waals surface area contributed by atoms with Gasteiger partial charge in [-0.15, -0.1) is 11.3 Å². The summed E-state index contributed by atoms with van der Waals surface area (Å²) in [4.78, 5) is 14.1. The molecule has 0 bridgehead atoms. The second kappa shape index (κ2) is 5.44. The maximum absolute atomic E-state index is 10.5. The molecule has 98 valence electrons. The van der Waals surface area contributed by atoms with Crippen LogP contribution in [0.1, 0.15) is 11.3 Å². The van der Waals surface area contributed by atoms with E-state index in [4.69, 9.17) is 0 Å². The predicted octanol–water partition coefficient (Wildman–Crippen LogP) is 2.51. The Kier molecular flexibility index (Phi) is 3.71. The van der Waals surface area contributed by atoms with Gasteiger partial charge in [0.25, 0.3) is 5.69 Å². The molecular formula is C11H10N4O3S. The van der Waals surface area contributed by atoms with E-state index in [1.807, 2.05) is 12.3 Å². The first-order valence-electron chi connectivity index (χ1n) is 5.25. The molecule has 1 heterocycles. The Balaban J connectivity index is 2.08. The van der Waals surface area contributed by atoms with Crippen molar-refractivity contribution < 1.29 is 10.0 Å². The summed E-state index contributed by atoms with van der Waals surface area (Å²) >= 11 is 1.41. The first kappa shape index (κ1) is 13.0. The maximum Gasteiger partial charge on any atom is 0.273 e. The molecule has 19 heavy (non-hydrogen) atoms. The molecule has 0 aliphatic carbocycles. The third-order valence-electron chi connectivity index (χ3n) is 2.21. The Hall–Kier alpha value is -2.48. The van der Waals surface area contributed by atoms with Crippen LogP contribution in [0.3, 0.4) is 0 Å². The van der Waals surface area contributed by atoms with E-state index in [0.717, 1.165) is 11.8 Å². The quantitative estimate of drug-likeness (QED) is 0.508. The zero-order chi connectivity index (χ0) is 13.8. The van der Waals surface area contributed by atoms with E-state index in [0.29, 0.717) is 10.7 Å². The van der Waals surface area contributed by atoms with Crippen molar-refractivity contribution in [2.45, 2.75) is 6.92 Å². The number of benzene rings is 1. The molecule has 1 aromatic heterocycles. The van der Waals surface area contributed by atoms with Crippen LogP contribution in [0.5, 0.6) is 5.75 Å². The van der Waals surface area contributed by atoms with E-state index in [1.165, 1.54) is 29.7 Å². The lowest BCUT2D eigenvalue weighted by Gasteiger charge is -1.98. The van der Waals surface area contributed by atoms with E-state index in [9.17, 15) is 15.2 Å². The minimum Gasteiger partial charge on any atom is -0.507 e. The van der Waals surface area contributed by atoms with E-state index in [2.05, 4.69) is 15.5 Å². The highest BCUT2D eigenvalue weighted by atomic mass is 32.1. The highest BCUT2D eigenvalue weighted by Crippen LogP contribution is 2.22.